The Hall–Kier alpha value is 0.00987. The zero-order valence-electron chi connectivity index (χ0n) is 12.5. The Labute approximate surface area is 107 Å². The second kappa shape index (κ2) is 4.60. The Morgan fingerprint density at radius 3 is 1.82 bits per heavy atom. The minimum Gasteiger partial charge on any atom is -0.438 e. The zero-order valence-corrected chi connectivity index (χ0v) is 12.5. The molecule has 0 saturated carbocycles. The van der Waals surface area contributed by atoms with Gasteiger partial charge in [-0.2, -0.15) is 0 Å². The molecule has 0 aromatic heterocycles. The SMILES string of the molecule is CC(C)C(C)(C)O[B]B1OC(C)(C)C(C)(C)O1. The standard InChI is InChI=1S/C12H25B2O3/c1-9(2)10(3,4)15-13-14-16-11(5,6)12(7,8)17-14/h9H,1-8H3. The lowest BCUT2D eigenvalue weighted by atomic mass is 9.55. The predicted molar refractivity (Wildman–Crippen MR) is 71.8 cm³/mol. The summed E-state index contributed by atoms with van der Waals surface area (Å²) < 4.78 is 17.5. The lowest BCUT2D eigenvalue weighted by Crippen LogP contribution is -2.41. The van der Waals surface area contributed by atoms with E-state index in [1.165, 1.54) is 0 Å². The normalized spacial score (nSPS) is 23.2. The second-order valence-electron chi connectivity index (χ2n) is 6.64. The van der Waals surface area contributed by atoms with Crippen LogP contribution in [0.3, 0.4) is 0 Å². The molecular formula is C12H25B2O3. The number of hydrogen-bond acceptors (Lipinski definition) is 3. The molecule has 1 rings (SSSR count). The molecular weight excluding hydrogens is 214 g/mol. The molecule has 0 unspecified atom stereocenters. The Kier molecular flexibility index (Phi) is 4.08. The van der Waals surface area contributed by atoms with E-state index in [9.17, 15) is 0 Å². The second-order valence-corrected chi connectivity index (χ2v) is 6.64. The lowest BCUT2D eigenvalue weighted by Gasteiger charge is -2.32. The topological polar surface area (TPSA) is 27.7 Å². The van der Waals surface area contributed by atoms with Gasteiger partial charge in [0.25, 0.3) is 0 Å². The Balaban J connectivity index is 2.52. The van der Waals surface area contributed by atoms with Gasteiger partial charge in [-0.3, -0.25) is 0 Å². The largest absolute Gasteiger partial charge is 0.439 e. The summed E-state index contributed by atoms with van der Waals surface area (Å²) in [6.07, 6.45) is 0. The van der Waals surface area contributed by atoms with Crippen molar-refractivity contribution in [2.45, 2.75) is 72.2 Å². The minimum atomic E-state index is -0.391. The van der Waals surface area contributed by atoms with E-state index in [2.05, 4.69) is 27.7 Å². The zero-order chi connectivity index (χ0) is 13.5. The molecule has 0 aromatic carbocycles. The van der Waals surface area contributed by atoms with E-state index in [-0.39, 0.29) is 16.8 Å². The van der Waals surface area contributed by atoms with Crippen molar-refractivity contribution in [3.63, 3.8) is 0 Å². The van der Waals surface area contributed by atoms with Crippen LogP contribution in [0.5, 0.6) is 0 Å². The summed E-state index contributed by atoms with van der Waals surface area (Å²) in [5.41, 5.74) is -0.817. The number of hydrogen-bond donors (Lipinski definition) is 0. The fourth-order valence-corrected chi connectivity index (χ4v) is 1.31. The quantitative estimate of drug-likeness (QED) is 0.705. The van der Waals surface area contributed by atoms with Crippen LogP contribution in [0, 0.1) is 5.92 Å². The monoisotopic (exact) mass is 239 g/mol. The number of rotatable bonds is 4. The van der Waals surface area contributed by atoms with Gasteiger partial charge in [0, 0.05) is 5.60 Å². The van der Waals surface area contributed by atoms with Crippen molar-refractivity contribution in [3.05, 3.63) is 0 Å². The fraction of sp³-hybridized carbons (Fsp3) is 1.00. The molecule has 0 aromatic rings. The van der Waals surface area contributed by atoms with Gasteiger partial charge in [0.05, 0.1) is 11.2 Å². The summed E-state index contributed by atoms with van der Waals surface area (Å²) in [5, 5.41) is 0. The van der Waals surface area contributed by atoms with Crippen LogP contribution >= 0.6 is 0 Å². The van der Waals surface area contributed by atoms with Crippen molar-refractivity contribution in [2.75, 3.05) is 0 Å². The van der Waals surface area contributed by atoms with Crippen LogP contribution in [0.15, 0.2) is 0 Å². The summed E-state index contributed by atoms with van der Waals surface area (Å²) in [7, 11) is 1.29. The molecule has 0 N–H and O–H groups in total. The highest BCUT2D eigenvalue weighted by molar-refractivity contribution is 7.03. The van der Waals surface area contributed by atoms with Gasteiger partial charge in [-0.15, -0.1) is 0 Å². The van der Waals surface area contributed by atoms with Crippen molar-refractivity contribution >= 4 is 14.4 Å². The van der Waals surface area contributed by atoms with Gasteiger partial charge < -0.3 is 14.0 Å². The summed E-state index contributed by atoms with van der Waals surface area (Å²) >= 11 is 0. The smallest absolute Gasteiger partial charge is 0.438 e. The first-order chi connectivity index (χ1) is 7.48. The molecule has 1 saturated heterocycles. The Morgan fingerprint density at radius 1 is 1.06 bits per heavy atom. The summed E-state index contributed by atoms with van der Waals surface area (Å²) in [6.45, 7) is 16.6. The molecule has 17 heavy (non-hydrogen) atoms. The minimum absolute atomic E-state index is 0.205. The van der Waals surface area contributed by atoms with E-state index >= 15 is 0 Å². The average Bonchev–Trinajstić information content (AvgIpc) is 2.32. The van der Waals surface area contributed by atoms with Gasteiger partial charge in [-0.25, -0.2) is 0 Å². The van der Waals surface area contributed by atoms with Crippen LogP contribution in [0.4, 0.5) is 0 Å². The third-order valence-corrected chi connectivity index (χ3v) is 4.14. The molecule has 0 spiro atoms. The summed E-state index contributed by atoms with van der Waals surface area (Å²) in [5.74, 6) is 0.432. The third-order valence-electron chi connectivity index (χ3n) is 4.14. The molecule has 0 amide bonds. The van der Waals surface area contributed by atoms with Gasteiger partial charge in [-0.1, -0.05) is 13.8 Å². The molecule has 0 bridgehead atoms. The molecule has 1 fully saturated rings. The van der Waals surface area contributed by atoms with E-state index in [1.807, 2.05) is 27.7 Å². The highest BCUT2D eigenvalue weighted by Gasteiger charge is 2.51. The fourth-order valence-electron chi connectivity index (χ4n) is 1.31. The highest BCUT2D eigenvalue weighted by Crippen LogP contribution is 2.36. The van der Waals surface area contributed by atoms with E-state index in [0.29, 0.717) is 5.92 Å². The Morgan fingerprint density at radius 2 is 1.47 bits per heavy atom. The Bertz CT molecular complexity index is 259. The lowest BCUT2D eigenvalue weighted by molar-refractivity contribution is 0.00578. The van der Waals surface area contributed by atoms with Crippen LogP contribution < -0.4 is 0 Å². The molecule has 1 aliphatic rings. The molecule has 1 aliphatic heterocycles. The van der Waals surface area contributed by atoms with Crippen molar-refractivity contribution in [3.8, 4) is 0 Å². The molecule has 1 radical (unpaired) electrons. The van der Waals surface area contributed by atoms with Crippen LogP contribution in [-0.2, 0) is 14.0 Å². The molecule has 97 valence electrons. The average molecular weight is 239 g/mol. The first-order valence-electron chi connectivity index (χ1n) is 6.35. The van der Waals surface area contributed by atoms with Gasteiger partial charge >= 0.3 is 14.4 Å². The third kappa shape index (κ3) is 3.27. The van der Waals surface area contributed by atoms with Crippen molar-refractivity contribution in [1.82, 2.24) is 0 Å². The first kappa shape index (κ1) is 15.1. The summed E-state index contributed by atoms with van der Waals surface area (Å²) in [4.78, 5) is 0. The molecule has 5 heteroatoms. The predicted octanol–water partition coefficient (Wildman–Crippen LogP) is 2.65. The molecule has 0 atom stereocenters. The van der Waals surface area contributed by atoms with E-state index in [4.69, 9.17) is 14.0 Å². The van der Waals surface area contributed by atoms with E-state index < -0.39 is 7.01 Å². The highest BCUT2D eigenvalue weighted by atomic mass is 16.7. The van der Waals surface area contributed by atoms with Crippen LogP contribution in [0.2, 0.25) is 0 Å². The maximum absolute atomic E-state index is 5.84. The first-order valence-corrected chi connectivity index (χ1v) is 6.35. The van der Waals surface area contributed by atoms with Crippen molar-refractivity contribution in [2.24, 2.45) is 5.92 Å². The molecule has 0 aliphatic carbocycles. The van der Waals surface area contributed by atoms with Crippen LogP contribution in [0.25, 0.3) is 0 Å². The molecule has 1 heterocycles. The van der Waals surface area contributed by atoms with E-state index in [0.717, 1.165) is 0 Å². The van der Waals surface area contributed by atoms with Gasteiger partial charge in [0.15, 0.2) is 0 Å². The van der Waals surface area contributed by atoms with Crippen molar-refractivity contribution < 1.29 is 14.0 Å². The van der Waals surface area contributed by atoms with Crippen LogP contribution in [-0.4, -0.2) is 31.2 Å². The van der Waals surface area contributed by atoms with Crippen molar-refractivity contribution in [1.29, 1.82) is 0 Å². The maximum Gasteiger partial charge on any atom is 0.439 e. The van der Waals surface area contributed by atoms with Crippen LogP contribution in [0.1, 0.15) is 55.4 Å². The van der Waals surface area contributed by atoms with E-state index in [1.54, 1.807) is 7.37 Å². The maximum atomic E-state index is 5.84. The van der Waals surface area contributed by atoms with Gasteiger partial charge in [0.1, 0.15) is 0 Å². The van der Waals surface area contributed by atoms with Gasteiger partial charge in [0.2, 0.25) is 0 Å². The van der Waals surface area contributed by atoms with Gasteiger partial charge in [-0.05, 0) is 47.5 Å². The summed E-state index contributed by atoms with van der Waals surface area (Å²) in [6, 6.07) is 0. The molecule has 3 nitrogen and oxygen atoms in total.